The van der Waals surface area contributed by atoms with E-state index in [0.717, 1.165) is 29.1 Å². The Morgan fingerprint density at radius 2 is 1.88 bits per heavy atom. The zero-order valence-corrected chi connectivity index (χ0v) is 15.6. The fourth-order valence-corrected chi connectivity index (χ4v) is 3.41. The van der Waals surface area contributed by atoms with Gasteiger partial charge in [-0.1, -0.05) is 18.2 Å². The zero-order valence-electron chi connectivity index (χ0n) is 15.6. The van der Waals surface area contributed by atoms with Gasteiger partial charge in [0.25, 0.3) is 5.91 Å². The van der Waals surface area contributed by atoms with E-state index >= 15 is 0 Å². The number of methoxy groups -OCH3 is 2. The maximum atomic E-state index is 12.8. The highest BCUT2D eigenvalue weighted by atomic mass is 16.5. The molecule has 1 aliphatic rings. The van der Waals surface area contributed by atoms with Gasteiger partial charge >= 0.3 is 0 Å². The first-order valence-electron chi connectivity index (χ1n) is 8.90. The first-order chi connectivity index (χ1) is 12.6. The van der Waals surface area contributed by atoms with Gasteiger partial charge in [-0.15, -0.1) is 0 Å². The summed E-state index contributed by atoms with van der Waals surface area (Å²) in [5, 5.41) is 0. The summed E-state index contributed by atoms with van der Waals surface area (Å²) in [6.45, 7) is 4.93. The molecule has 1 fully saturated rings. The van der Waals surface area contributed by atoms with Crippen LogP contribution in [0.4, 0.5) is 5.69 Å². The molecule has 1 heterocycles. The number of anilines is 1. The molecule has 0 aliphatic carbocycles. The lowest BCUT2D eigenvalue weighted by molar-refractivity contribution is 0.0726. The number of ether oxygens (including phenoxy) is 2. The Morgan fingerprint density at radius 3 is 2.54 bits per heavy atom. The van der Waals surface area contributed by atoms with Crippen LogP contribution in [-0.4, -0.2) is 50.7 Å². The molecule has 138 valence electrons. The standard InChI is InChI=1S/C21H26N2O3/c1-16-14-22(21(24)18-9-7-17(8-10-18)15-25-2)11-12-23(16)19-5-4-6-20(13-19)26-3/h4-10,13,16H,11-12,14-15H2,1-3H3. The maximum absolute atomic E-state index is 12.8. The van der Waals surface area contributed by atoms with Gasteiger partial charge in [-0.25, -0.2) is 0 Å². The molecule has 2 aromatic carbocycles. The molecular weight excluding hydrogens is 328 g/mol. The summed E-state index contributed by atoms with van der Waals surface area (Å²) in [5.41, 5.74) is 2.93. The molecule has 1 atom stereocenters. The lowest BCUT2D eigenvalue weighted by atomic mass is 10.1. The number of rotatable bonds is 5. The molecule has 0 spiro atoms. The Labute approximate surface area is 155 Å². The summed E-state index contributed by atoms with van der Waals surface area (Å²) in [6, 6.07) is 16.0. The van der Waals surface area contributed by atoms with E-state index in [9.17, 15) is 4.79 Å². The quantitative estimate of drug-likeness (QED) is 0.827. The largest absolute Gasteiger partial charge is 0.497 e. The molecule has 2 aromatic rings. The zero-order chi connectivity index (χ0) is 18.5. The Morgan fingerprint density at radius 1 is 1.12 bits per heavy atom. The first kappa shape index (κ1) is 18.3. The first-order valence-corrected chi connectivity index (χ1v) is 8.90. The number of hydrogen-bond acceptors (Lipinski definition) is 4. The fraction of sp³-hybridized carbons (Fsp3) is 0.381. The molecular formula is C21H26N2O3. The average Bonchev–Trinajstić information content (AvgIpc) is 2.68. The highest BCUT2D eigenvalue weighted by Crippen LogP contribution is 2.25. The minimum atomic E-state index is 0.0890. The van der Waals surface area contributed by atoms with E-state index in [4.69, 9.17) is 9.47 Å². The molecule has 1 unspecified atom stereocenters. The number of nitrogens with zero attached hydrogens (tertiary/aromatic N) is 2. The van der Waals surface area contributed by atoms with Gasteiger partial charge in [0.2, 0.25) is 0 Å². The van der Waals surface area contributed by atoms with Crippen molar-refractivity contribution in [3.05, 3.63) is 59.7 Å². The minimum Gasteiger partial charge on any atom is -0.497 e. The van der Waals surface area contributed by atoms with Gasteiger partial charge < -0.3 is 19.3 Å². The molecule has 0 saturated carbocycles. The highest BCUT2D eigenvalue weighted by molar-refractivity contribution is 5.94. The van der Waals surface area contributed by atoms with Crippen LogP contribution in [0, 0.1) is 0 Å². The summed E-state index contributed by atoms with van der Waals surface area (Å²) in [6.07, 6.45) is 0. The molecule has 0 N–H and O–H groups in total. The summed E-state index contributed by atoms with van der Waals surface area (Å²) < 4.78 is 10.4. The van der Waals surface area contributed by atoms with Crippen LogP contribution in [0.15, 0.2) is 48.5 Å². The van der Waals surface area contributed by atoms with Crippen molar-refractivity contribution >= 4 is 11.6 Å². The molecule has 26 heavy (non-hydrogen) atoms. The van der Waals surface area contributed by atoms with Crippen molar-refractivity contribution in [2.45, 2.75) is 19.6 Å². The highest BCUT2D eigenvalue weighted by Gasteiger charge is 2.27. The van der Waals surface area contributed by atoms with E-state index < -0.39 is 0 Å². The predicted octanol–water partition coefficient (Wildman–Crippen LogP) is 3.19. The topological polar surface area (TPSA) is 42.0 Å². The Hall–Kier alpha value is -2.53. The molecule has 1 amide bonds. The Bertz CT molecular complexity index is 745. The molecule has 5 heteroatoms. The van der Waals surface area contributed by atoms with E-state index in [0.29, 0.717) is 19.7 Å². The van der Waals surface area contributed by atoms with Crippen molar-refractivity contribution < 1.29 is 14.3 Å². The van der Waals surface area contributed by atoms with Crippen LogP contribution >= 0.6 is 0 Å². The fourth-order valence-electron chi connectivity index (χ4n) is 3.41. The molecule has 5 nitrogen and oxygen atoms in total. The third-order valence-corrected chi connectivity index (χ3v) is 4.81. The van der Waals surface area contributed by atoms with Gasteiger partial charge in [-0.05, 0) is 36.8 Å². The van der Waals surface area contributed by atoms with Crippen LogP contribution < -0.4 is 9.64 Å². The Kier molecular flexibility index (Phi) is 5.78. The monoisotopic (exact) mass is 354 g/mol. The van der Waals surface area contributed by atoms with Crippen molar-refractivity contribution in [2.75, 3.05) is 38.8 Å². The maximum Gasteiger partial charge on any atom is 0.253 e. The molecule has 3 rings (SSSR count). The second kappa shape index (κ2) is 8.23. The summed E-state index contributed by atoms with van der Waals surface area (Å²) in [4.78, 5) is 17.1. The number of amides is 1. The van der Waals surface area contributed by atoms with Crippen LogP contribution in [-0.2, 0) is 11.3 Å². The van der Waals surface area contributed by atoms with E-state index in [1.54, 1.807) is 14.2 Å². The van der Waals surface area contributed by atoms with E-state index in [2.05, 4.69) is 17.9 Å². The average molecular weight is 354 g/mol. The normalized spacial score (nSPS) is 17.3. The number of carbonyl (C=O) groups is 1. The van der Waals surface area contributed by atoms with Crippen LogP contribution in [0.1, 0.15) is 22.8 Å². The lowest BCUT2D eigenvalue weighted by Gasteiger charge is -2.41. The summed E-state index contributed by atoms with van der Waals surface area (Å²) >= 11 is 0. The van der Waals surface area contributed by atoms with Gasteiger partial charge in [0.05, 0.1) is 13.7 Å². The lowest BCUT2D eigenvalue weighted by Crippen LogP contribution is -2.53. The van der Waals surface area contributed by atoms with Crippen LogP contribution in [0.2, 0.25) is 0 Å². The van der Waals surface area contributed by atoms with Crippen LogP contribution in [0.5, 0.6) is 5.75 Å². The summed E-state index contributed by atoms with van der Waals surface area (Å²) in [5.74, 6) is 0.940. The number of piperazine rings is 1. The van der Waals surface area contributed by atoms with Gasteiger partial charge in [0.15, 0.2) is 0 Å². The second-order valence-electron chi connectivity index (χ2n) is 6.62. The van der Waals surface area contributed by atoms with Gasteiger partial charge in [0, 0.05) is 50.1 Å². The number of carbonyl (C=O) groups excluding carboxylic acids is 1. The van der Waals surface area contributed by atoms with Crippen LogP contribution in [0.3, 0.4) is 0 Å². The van der Waals surface area contributed by atoms with Crippen molar-refractivity contribution in [1.29, 1.82) is 0 Å². The Balaban J connectivity index is 1.66. The van der Waals surface area contributed by atoms with E-state index in [1.807, 2.05) is 47.4 Å². The number of hydrogen-bond donors (Lipinski definition) is 0. The smallest absolute Gasteiger partial charge is 0.253 e. The summed E-state index contributed by atoms with van der Waals surface area (Å²) in [7, 11) is 3.35. The van der Waals surface area contributed by atoms with Gasteiger partial charge in [-0.3, -0.25) is 4.79 Å². The minimum absolute atomic E-state index is 0.0890. The van der Waals surface area contributed by atoms with Crippen molar-refractivity contribution in [2.24, 2.45) is 0 Å². The van der Waals surface area contributed by atoms with Gasteiger partial charge in [-0.2, -0.15) is 0 Å². The number of benzene rings is 2. The van der Waals surface area contributed by atoms with Crippen molar-refractivity contribution in [3.8, 4) is 5.75 Å². The SMILES string of the molecule is COCc1ccc(C(=O)N2CCN(c3cccc(OC)c3)C(C)C2)cc1. The third-order valence-electron chi connectivity index (χ3n) is 4.81. The predicted molar refractivity (Wildman–Crippen MR) is 103 cm³/mol. The third kappa shape index (κ3) is 3.99. The van der Waals surface area contributed by atoms with Crippen molar-refractivity contribution in [1.82, 2.24) is 4.90 Å². The van der Waals surface area contributed by atoms with Crippen LogP contribution in [0.25, 0.3) is 0 Å². The molecule has 0 bridgehead atoms. The molecule has 0 radical (unpaired) electrons. The second-order valence-corrected chi connectivity index (χ2v) is 6.62. The molecule has 0 aromatic heterocycles. The van der Waals surface area contributed by atoms with Gasteiger partial charge in [0.1, 0.15) is 5.75 Å². The van der Waals surface area contributed by atoms with E-state index in [1.165, 1.54) is 0 Å². The molecule has 1 saturated heterocycles. The van der Waals surface area contributed by atoms with E-state index in [-0.39, 0.29) is 11.9 Å². The molecule has 1 aliphatic heterocycles. The van der Waals surface area contributed by atoms with Crippen molar-refractivity contribution in [3.63, 3.8) is 0 Å².